The SMILES string of the molecule is COC(=O)c1ccc(CNC(=O)/C=C/c2c(C)nn(C)c2Cl)cc1. The van der Waals surface area contributed by atoms with Gasteiger partial charge in [0.2, 0.25) is 5.91 Å². The van der Waals surface area contributed by atoms with Crippen LogP contribution in [0.2, 0.25) is 5.15 Å². The molecule has 0 aliphatic heterocycles. The van der Waals surface area contributed by atoms with E-state index in [2.05, 4.69) is 15.2 Å². The first kappa shape index (κ1) is 17.7. The van der Waals surface area contributed by atoms with E-state index >= 15 is 0 Å². The van der Waals surface area contributed by atoms with Crippen LogP contribution in [0.25, 0.3) is 6.08 Å². The lowest BCUT2D eigenvalue weighted by atomic mass is 10.1. The van der Waals surface area contributed by atoms with E-state index in [4.69, 9.17) is 11.6 Å². The summed E-state index contributed by atoms with van der Waals surface area (Å²) in [6.45, 7) is 2.18. The molecule has 0 bridgehead atoms. The van der Waals surface area contributed by atoms with Gasteiger partial charge in [-0.25, -0.2) is 4.79 Å². The van der Waals surface area contributed by atoms with Gasteiger partial charge in [0, 0.05) is 25.2 Å². The Morgan fingerprint density at radius 2 is 2.00 bits per heavy atom. The minimum atomic E-state index is -0.391. The third-order valence-corrected chi connectivity index (χ3v) is 3.89. The van der Waals surface area contributed by atoms with Gasteiger partial charge in [-0.1, -0.05) is 23.7 Å². The Morgan fingerprint density at radius 3 is 2.54 bits per heavy atom. The van der Waals surface area contributed by atoms with Crippen molar-refractivity contribution in [1.29, 1.82) is 0 Å². The first-order valence-corrected chi connectivity index (χ1v) is 7.62. The van der Waals surface area contributed by atoms with E-state index in [1.54, 1.807) is 42.1 Å². The van der Waals surface area contributed by atoms with E-state index in [9.17, 15) is 9.59 Å². The minimum absolute atomic E-state index is 0.244. The summed E-state index contributed by atoms with van der Waals surface area (Å²) in [4.78, 5) is 23.2. The van der Waals surface area contributed by atoms with Crippen molar-refractivity contribution < 1.29 is 14.3 Å². The molecule has 1 aromatic heterocycles. The molecule has 126 valence electrons. The van der Waals surface area contributed by atoms with Gasteiger partial charge >= 0.3 is 5.97 Å². The van der Waals surface area contributed by atoms with E-state index in [-0.39, 0.29) is 5.91 Å². The number of hydrogen-bond donors (Lipinski definition) is 1. The highest BCUT2D eigenvalue weighted by Crippen LogP contribution is 2.19. The second kappa shape index (κ2) is 7.79. The third kappa shape index (κ3) is 4.23. The van der Waals surface area contributed by atoms with E-state index in [0.29, 0.717) is 17.3 Å². The second-order valence-corrected chi connectivity index (χ2v) is 5.51. The van der Waals surface area contributed by atoms with Gasteiger partial charge in [0.25, 0.3) is 0 Å². The molecule has 0 fully saturated rings. The molecule has 1 amide bonds. The van der Waals surface area contributed by atoms with Crippen molar-refractivity contribution in [1.82, 2.24) is 15.1 Å². The van der Waals surface area contributed by atoms with Crippen LogP contribution in [0.1, 0.15) is 27.2 Å². The summed E-state index contributed by atoms with van der Waals surface area (Å²) < 4.78 is 6.19. The maximum atomic E-state index is 11.9. The van der Waals surface area contributed by atoms with Gasteiger partial charge in [-0.15, -0.1) is 0 Å². The molecule has 0 saturated carbocycles. The molecule has 2 rings (SSSR count). The number of carbonyl (C=O) groups is 2. The van der Waals surface area contributed by atoms with Crippen LogP contribution in [0, 0.1) is 6.92 Å². The Morgan fingerprint density at radius 1 is 1.33 bits per heavy atom. The highest BCUT2D eigenvalue weighted by molar-refractivity contribution is 6.31. The van der Waals surface area contributed by atoms with Crippen molar-refractivity contribution in [2.75, 3.05) is 7.11 Å². The zero-order chi connectivity index (χ0) is 17.7. The van der Waals surface area contributed by atoms with Crippen LogP contribution in [0.4, 0.5) is 0 Å². The average molecular weight is 348 g/mol. The van der Waals surface area contributed by atoms with Gasteiger partial charge in [-0.3, -0.25) is 9.48 Å². The fourth-order valence-electron chi connectivity index (χ4n) is 2.12. The van der Waals surface area contributed by atoms with Crippen molar-refractivity contribution in [3.8, 4) is 0 Å². The van der Waals surface area contributed by atoms with Gasteiger partial charge in [-0.2, -0.15) is 5.10 Å². The molecule has 0 aliphatic carbocycles. The number of benzene rings is 1. The van der Waals surface area contributed by atoms with Gasteiger partial charge in [-0.05, 0) is 30.7 Å². The number of amides is 1. The highest BCUT2D eigenvalue weighted by atomic mass is 35.5. The zero-order valence-corrected chi connectivity index (χ0v) is 14.4. The molecule has 2 aromatic rings. The van der Waals surface area contributed by atoms with Gasteiger partial charge in [0.1, 0.15) is 5.15 Å². The number of methoxy groups -OCH3 is 1. The lowest BCUT2D eigenvalue weighted by molar-refractivity contribution is -0.116. The van der Waals surface area contributed by atoms with Crippen LogP contribution in [0.3, 0.4) is 0 Å². The number of hydrogen-bond acceptors (Lipinski definition) is 4. The Kier molecular flexibility index (Phi) is 5.76. The fourth-order valence-corrected chi connectivity index (χ4v) is 2.36. The Balaban J connectivity index is 1.93. The highest BCUT2D eigenvalue weighted by Gasteiger charge is 2.08. The number of esters is 1. The normalized spacial score (nSPS) is 10.8. The number of halogens is 1. The van der Waals surface area contributed by atoms with Crippen LogP contribution < -0.4 is 5.32 Å². The fraction of sp³-hybridized carbons (Fsp3) is 0.235. The smallest absolute Gasteiger partial charge is 0.337 e. The van der Waals surface area contributed by atoms with Crippen LogP contribution in [0.5, 0.6) is 0 Å². The number of rotatable bonds is 5. The molecule has 24 heavy (non-hydrogen) atoms. The second-order valence-electron chi connectivity index (χ2n) is 5.15. The number of nitrogens with one attached hydrogen (secondary N) is 1. The number of ether oxygens (including phenoxy) is 1. The Labute approximate surface area is 145 Å². The predicted molar refractivity (Wildman–Crippen MR) is 91.6 cm³/mol. The molecule has 0 radical (unpaired) electrons. The molecule has 6 nitrogen and oxygen atoms in total. The molecule has 0 unspecified atom stereocenters. The largest absolute Gasteiger partial charge is 0.465 e. The van der Waals surface area contributed by atoms with Crippen molar-refractivity contribution >= 4 is 29.6 Å². The van der Waals surface area contributed by atoms with Crippen LogP contribution in [-0.2, 0) is 23.1 Å². The van der Waals surface area contributed by atoms with Crippen molar-refractivity contribution in [2.45, 2.75) is 13.5 Å². The van der Waals surface area contributed by atoms with Gasteiger partial charge in [0.05, 0.1) is 18.4 Å². The number of aryl methyl sites for hydroxylation is 2. The molecule has 7 heteroatoms. The summed E-state index contributed by atoms with van der Waals surface area (Å²) in [5.41, 5.74) is 2.82. The molecule has 0 aliphatic rings. The Hall–Kier alpha value is -2.60. The third-order valence-electron chi connectivity index (χ3n) is 3.44. The summed E-state index contributed by atoms with van der Waals surface area (Å²) in [5, 5.41) is 7.42. The molecule has 1 heterocycles. The first-order valence-electron chi connectivity index (χ1n) is 7.24. The monoisotopic (exact) mass is 347 g/mol. The summed E-state index contributed by atoms with van der Waals surface area (Å²) in [6.07, 6.45) is 3.05. The van der Waals surface area contributed by atoms with Crippen molar-refractivity contribution in [2.24, 2.45) is 7.05 Å². The van der Waals surface area contributed by atoms with E-state index in [1.807, 2.05) is 6.92 Å². The summed E-state index contributed by atoms with van der Waals surface area (Å²) in [6, 6.07) is 6.83. The van der Waals surface area contributed by atoms with E-state index in [0.717, 1.165) is 16.8 Å². The Bertz CT molecular complexity index is 779. The quantitative estimate of drug-likeness (QED) is 0.666. The number of carbonyl (C=O) groups excluding carboxylic acids is 2. The summed E-state index contributed by atoms with van der Waals surface area (Å²) in [5.74, 6) is -0.636. The van der Waals surface area contributed by atoms with Gasteiger partial charge in [0.15, 0.2) is 0 Å². The number of nitrogens with zero attached hydrogens (tertiary/aromatic N) is 2. The molecular weight excluding hydrogens is 330 g/mol. The molecule has 1 N–H and O–H groups in total. The van der Waals surface area contributed by atoms with E-state index in [1.165, 1.54) is 13.2 Å². The lowest BCUT2D eigenvalue weighted by Gasteiger charge is -2.04. The van der Waals surface area contributed by atoms with Crippen LogP contribution in [-0.4, -0.2) is 28.8 Å². The maximum Gasteiger partial charge on any atom is 0.337 e. The predicted octanol–water partition coefficient (Wildman–Crippen LogP) is 2.50. The average Bonchev–Trinajstić information content (AvgIpc) is 2.83. The standard InChI is InChI=1S/C17H18ClN3O3/c1-11-14(16(18)21(2)20-11)8-9-15(22)19-10-12-4-6-13(7-5-12)17(23)24-3/h4-9H,10H2,1-3H3,(H,19,22)/b9-8+. The van der Waals surface area contributed by atoms with E-state index < -0.39 is 5.97 Å². The molecule has 1 aromatic carbocycles. The van der Waals surface area contributed by atoms with Crippen LogP contribution >= 0.6 is 11.6 Å². The molecular formula is C17H18ClN3O3. The number of aromatic nitrogens is 2. The molecule has 0 saturated heterocycles. The molecule has 0 atom stereocenters. The minimum Gasteiger partial charge on any atom is -0.465 e. The summed E-state index contributed by atoms with van der Waals surface area (Å²) in [7, 11) is 3.07. The zero-order valence-electron chi connectivity index (χ0n) is 13.7. The lowest BCUT2D eigenvalue weighted by Crippen LogP contribution is -2.20. The first-order chi connectivity index (χ1) is 11.4. The topological polar surface area (TPSA) is 73.2 Å². The van der Waals surface area contributed by atoms with Gasteiger partial charge < -0.3 is 10.1 Å². The molecule has 0 spiro atoms. The van der Waals surface area contributed by atoms with Crippen molar-refractivity contribution in [3.63, 3.8) is 0 Å². The van der Waals surface area contributed by atoms with Crippen molar-refractivity contribution in [3.05, 3.63) is 57.9 Å². The van der Waals surface area contributed by atoms with Crippen LogP contribution in [0.15, 0.2) is 30.3 Å². The summed E-state index contributed by atoms with van der Waals surface area (Å²) >= 11 is 6.10. The maximum absolute atomic E-state index is 11.9.